The molecule has 0 aromatic carbocycles. The van der Waals surface area contributed by atoms with Crippen molar-refractivity contribution in [2.45, 2.75) is 46.5 Å². The first-order valence-corrected chi connectivity index (χ1v) is 11.0. The van der Waals surface area contributed by atoms with Crippen LogP contribution in [-0.4, -0.2) is 27.3 Å². The van der Waals surface area contributed by atoms with Crippen molar-refractivity contribution >= 4 is 17.0 Å². The SMILES string of the molecule is CCC(C)CO/N=C1\CCCc2ccc(-c3sc(-c4cccnc4)nc3C)nc21. The maximum absolute atomic E-state index is 5.65. The number of aromatic nitrogens is 3. The lowest BCUT2D eigenvalue weighted by molar-refractivity contribution is 0.111. The lowest BCUT2D eigenvalue weighted by Gasteiger charge is -2.17. The van der Waals surface area contributed by atoms with Gasteiger partial charge in [-0.2, -0.15) is 0 Å². The average molecular weight is 407 g/mol. The van der Waals surface area contributed by atoms with Gasteiger partial charge in [0.2, 0.25) is 0 Å². The molecule has 150 valence electrons. The summed E-state index contributed by atoms with van der Waals surface area (Å²) < 4.78 is 0. The average Bonchev–Trinajstić information content (AvgIpc) is 3.15. The monoisotopic (exact) mass is 406 g/mol. The molecule has 1 aliphatic rings. The predicted molar refractivity (Wildman–Crippen MR) is 118 cm³/mol. The maximum atomic E-state index is 5.65. The van der Waals surface area contributed by atoms with Gasteiger partial charge in [0.25, 0.3) is 0 Å². The van der Waals surface area contributed by atoms with E-state index in [1.165, 1.54) is 5.56 Å². The van der Waals surface area contributed by atoms with E-state index in [1.807, 2.05) is 25.3 Å². The summed E-state index contributed by atoms with van der Waals surface area (Å²) in [7, 11) is 0. The van der Waals surface area contributed by atoms with Gasteiger partial charge in [0, 0.05) is 18.0 Å². The zero-order valence-corrected chi connectivity index (χ0v) is 18.0. The van der Waals surface area contributed by atoms with Crippen molar-refractivity contribution in [3.05, 3.63) is 53.6 Å². The van der Waals surface area contributed by atoms with E-state index in [-0.39, 0.29) is 0 Å². The molecule has 0 bridgehead atoms. The molecule has 1 atom stereocenters. The molecular weight excluding hydrogens is 380 g/mol. The molecule has 3 heterocycles. The minimum Gasteiger partial charge on any atom is -0.395 e. The molecule has 29 heavy (non-hydrogen) atoms. The number of rotatable bonds is 6. The van der Waals surface area contributed by atoms with E-state index in [1.54, 1.807) is 17.5 Å². The predicted octanol–water partition coefficient (Wildman–Crippen LogP) is 5.68. The minimum atomic E-state index is 0.507. The van der Waals surface area contributed by atoms with Gasteiger partial charge in [-0.15, -0.1) is 11.3 Å². The van der Waals surface area contributed by atoms with Crippen LogP contribution in [0.4, 0.5) is 0 Å². The van der Waals surface area contributed by atoms with Crippen LogP contribution >= 0.6 is 11.3 Å². The second kappa shape index (κ2) is 8.82. The fourth-order valence-corrected chi connectivity index (χ4v) is 4.35. The Balaban J connectivity index is 1.65. The Bertz CT molecular complexity index is 1010. The number of nitrogens with zero attached hydrogens (tertiary/aromatic N) is 4. The van der Waals surface area contributed by atoms with E-state index >= 15 is 0 Å². The van der Waals surface area contributed by atoms with Crippen molar-refractivity contribution in [1.29, 1.82) is 0 Å². The number of fused-ring (bicyclic) bond motifs is 1. The van der Waals surface area contributed by atoms with Crippen molar-refractivity contribution < 1.29 is 4.84 Å². The lowest BCUT2D eigenvalue weighted by Crippen LogP contribution is -2.15. The number of aryl methyl sites for hydroxylation is 2. The standard InChI is InChI=1S/C23H26N4OS/c1-4-15(2)14-28-27-19-9-5-7-17-10-11-20(26-21(17)19)22-16(3)25-23(29-22)18-8-6-12-24-13-18/h6,8,10-13,15H,4-5,7,9,14H2,1-3H3/b27-19+. The van der Waals surface area contributed by atoms with Crippen LogP contribution in [0.5, 0.6) is 0 Å². The third-order valence-electron chi connectivity index (χ3n) is 5.28. The van der Waals surface area contributed by atoms with Crippen LogP contribution in [0.2, 0.25) is 0 Å². The summed E-state index contributed by atoms with van der Waals surface area (Å²) in [4.78, 5) is 20.7. The van der Waals surface area contributed by atoms with E-state index in [4.69, 9.17) is 14.8 Å². The van der Waals surface area contributed by atoms with Crippen LogP contribution in [0, 0.1) is 12.8 Å². The van der Waals surface area contributed by atoms with Crippen LogP contribution in [0.3, 0.4) is 0 Å². The highest BCUT2D eigenvalue weighted by molar-refractivity contribution is 7.18. The summed E-state index contributed by atoms with van der Waals surface area (Å²) in [5.74, 6) is 0.507. The Hall–Kier alpha value is -2.60. The second-order valence-corrected chi connectivity index (χ2v) is 8.58. The Morgan fingerprint density at radius 3 is 2.90 bits per heavy atom. The largest absolute Gasteiger partial charge is 0.395 e. The first-order valence-electron chi connectivity index (χ1n) is 10.2. The van der Waals surface area contributed by atoms with Gasteiger partial charge in [0.05, 0.1) is 22.0 Å². The number of hydrogen-bond donors (Lipinski definition) is 0. The van der Waals surface area contributed by atoms with E-state index in [2.05, 4.69) is 36.1 Å². The molecule has 0 radical (unpaired) electrons. The summed E-state index contributed by atoms with van der Waals surface area (Å²) in [6.45, 7) is 7.04. The molecule has 0 amide bonds. The topological polar surface area (TPSA) is 60.3 Å². The van der Waals surface area contributed by atoms with Crippen molar-refractivity contribution in [1.82, 2.24) is 15.0 Å². The number of hydrogen-bond acceptors (Lipinski definition) is 6. The molecule has 4 rings (SSSR count). The molecule has 0 spiro atoms. The van der Waals surface area contributed by atoms with Gasteiger partial charge in [0.15, 0.2) is 0 Å². The number of oxime groups is 1. The Morgan fingerprint density at radius 2 is 2.10 bits per heavy atom. The minimum absolute atomic E-state index is 0.507. The zero-order valence-electron chi connectivity index (χ0n) is 17.2. The van der Waals surface area contributed by atoms with Gasteiger partial charge < -0.3 is 4.84 Å². The quantitative estimate of drug-likeness (QED) is 0.494. The maximum Gasteiger partial charge on any atom is 0.125 e. The highest BCUT2D eigenvalue weighted by Crippen LogP contribution is 2.35. The third kappa shape index (κ3) is 4.37. The molecule has 6 heteroatoms. The summed E-state index contributed by atoms with van der Waals surface area (Å²) in [5.41, 5.74) is 6.17. The number of pyridine rings is 2. The highest BCUT2D eigenvalue weighted by Gasteiger charge is 2.21. The van der Waals surface area contributed by atoms with Gasteiger partial charge in [-0.1, -0.05) is 31.5 Å². The van der Waals surface area contributed by atoms with Crippen molar-refractivity contribution in [3.63, 3.8) is 0 Å². The smallest absolute Gasteiger partial charge is 0.125 e. The zero-order chi connectivity index (χ0) is 20.2. The van der Waals surface area contributed by atoms with E-state index in [0.29, 0.717) is 12.5 Å². The molecule has 5 nitrogen and oxygen atoms in total. The molecule has 0 saturated heterocycles. The normalized spacial score (nSPS) is 15.9. The van der Waals surface area contributed by atoms with Gasteiger partial charge in [-0.3, -0.25) is 4.98 Å². The van der Waals surface area contributed by atoms with Crippen molar-refractivity contribution in [2.75, 3.05) is 6.61 Å². The fraction of sp³-hybridized carbons (Fsp3) is 0.391. The van der Waals surface area contributed by atoms with E-state index in [9.17, 15) is 0 Å². The molecular formula is C23H26N4OS. The first kappa shape index (κ1) is 19.7. The van der Waals surface area contributed by atoms with Gasteiger partial charge >= 0.3 is 0 Å². The molecule has 1 unspecified atom stereocenters. The second-order valence-electron chi connectivity index (χ2n) is 7.58. The molecule has 0 fully saturated rings. The molecule has 0 N–H and O–H groups in total. The van der Waals surface area contributed by atoms with E-state index in [0.717, 1.165) is 63.9 Å². The van der Waals surface area contributed by atoms with Crippen LogP contribution in [0.25, 0.3) is 21.1 Å². The highest BCUT2D eigenvalue weighted by atomic mass is 32.1. The molecule has 1 aliphatic carbocycles. The molecule has 0 aliphatic heterocycles. The third-order valence-corrected chi connectivity index (χ3v) is 6.51. The van der Waals surface area contributed by atoms with E-state index < -0.39 is 0 Å². The molecule has 3 aromatic heterocycles. The van der Waals surface area contributed by atoms with Gasteiger partial charge in [0.1, 0.15) is 17.3 Å². The van der Waals surface area contributed by atoms with Gasteiger partial charge in [-0.05, 0) is 55.9 Å². The molecule has 0 saturated carbocycles. The lowest BCUT2D eigenvalue weighted by atomic mass is 9.94. The summed E-state index contributed by atoms with van der Waals surface area (Å²) in [5, 5.41) is 5.42. The Morgan fingerprint density at radius 1 is 1.21 bits per heavy atom. The number of thiazole rings is 1. The fourth-order valence-electron chi connectivity index (χ4n) is 3.33. The van der Waals surface area contributed by atoms with Gasteiger partial charge in [-0.25, -0.2) is 9.97 Å². The Labute approximate surface area is 175 Å². The van der Waals surface area contributed by atoms with Crippen molar-refractivity contribution in [2.24, 2.45) is 11.1 Å². The van der Waals surface area contributed by atoms with Crippen LogP contribution in [0.15, 0.2) is 41.8 Å². The van der Waals surface area contributed by atoms with Crippen LogP contribution in [0.1, 0.15) is 50.1 Å². The first-order chi connectivity index (χ1) is 14.2. The van der Waals surface area contributed by atoms with Crippen LogP contribution in [-0.2, 0) is 11.3 Å². The summed E-state index contributed by atoms with van der Waals surface area (Å²) >= 11 is 1.66. The van der Waals surface area contributed by atoms with Crippen LogP contribution < -0.4 is 0 Å². The Kier molecular flexibility index (Phi) is 6.00. The molecule has 3 aromatic rings. The summed E-state index contributed by atoms with van der Waals surface area (Å²) in [6.07, 6.45) is 7.75. The van der Waals surface area contributed by atoms with Crippen molar-refractivity contribution in [3.8, 4) is 21.1 Å². The summed E-state index contributed by atoms with van der Waals surface area (Å²) in [6, 6.07) is 8.26.